The normalized spacial score (nSPS) is 38.9. The molecule has 1 saturated heterocycles. The highest BCUT2D eigenvalue weighted by Gasteiger charge is 2.74. The van der Waals surface area contributed by atoms with E-state index in [1.54, 1.807) is 0 Å². The van der Waals surface area contributed by atoms with Crippen LogP contribution in [0.25, 0.3) is 0 Å². The summed E-state index contributed by atoms with van der Waals surface area (Å²) >= 11 is 3.45. The van der Waals surface area contributed by atoms with Gasteiger partial charge in [0.05, 0.1) is 12.7 Å². The van der Waals surface area contributed by atoms with Crippen LogP contribution < -0.4 is 0 Å². The molecule has 1 aromatic carbocycles. The van der Waals surface area contributed by atoms with Crippen LogP contribution in [-0.2, 0) is 16.1 Å². The lowest BCUT2D eigenvalue weighted by Gasteiger charge is -2.15. The second kappa shape index (κ2) is 4.18. The first-order valence-electron chi connectivity index (χ1n) is 6.93. The van der Waals surface area contributed by atoms with Crippen molar-refractivity contribution in [2.45, 2.75) is 49.6 Å². The fourth-order valence-electron chi connectivity index (χ4n) is 3.69. The van der Waals surface area contributed by atoms with Gasteiger partial charge in [0.15, 0.2) is 0 Å². The van der Waals surface area contributed by atoms with Crippen molar-refractivity contribution in [1.29, 1.82) is 0 Å². The maximum absolute atomic E-state index is 6.09. The van der Waals surface area contributed by atoms with Crippen molar-refractivity contribution in [3.63, 3.8) is 0 Å². The first-order chi connectivity index (χ1) is 9.21. The van der Waals surface area contributed by atoms with Crippen LogP contribution in [0, 0.1) is 0 Å². The van der Waals surface area contributed by atoms with Gasteiger partial charge in [-0.15, -0.1) is 0 Å². The molecule has 3 heteroatoms. The Hall–Kier alpha value is -0.640. The number of epoxide rings is 1. The van der Waals surface area contributed by atoms with Gasteiger partial charge in [-0.2, -0.15) is 0 Å². The molecular formula is C16H17BrO2. The average Bonchev–Trinajstić information content (AvgIpc) is 2.95. The molecule has 0 radical (unpaired) electrons. The zero-order chi connectivity index (χ0) is 12.9. The van der Waals surface area contributed by atoms with Crippen molar-refractivity contribution < 1.29 is 9.47 Å². The lowest BCUT2D eigenvalue weighted by Crippen LogP contribution is -2.20. The number of ether oxygens (including phenoxy) is 2. The molecule has 1 saturated carbocycles. The molecule has 0 aromatic heterocycles. The molecule has 1 aromatic rings. The Kier molecular flexibility index (Phi) is 2.66. The first-order valence-corrected chi connectivity index (χ1v) is 7.72. The first kappa shape index (κ1) is 12.1. The van der Waals surface area contributed by atoms with Gasteiger partial charge >= 0.3 is 0 Å². The van der Waals surface area contributed by atoms with Crippen LogP contribution in [0.2, 0.25) is 0 Å². The Labute approximate surface area is 121 Å². The summed E-state index contributed by atoms with van der Waals surface area (Å²) in [5.41, 5.74) is 1.50. The molecule has 1 heterocycles. The molecule has 0 bridgehead atoms. The zero-order valence-electron chi connectivity index (χ0n) is 10.8. The third kappa shape index (κ3) is 1.91. The van der Waals surface area contributed by atoms with Gasteiger partial charge in [0.25, 0.3) is 0 Å². The summed E-state index contributed by atoms with van der Waals surface area (Å²) in [6, 6.07) is 8.35. The Balaban J connectivity index is 1.37. The highest BCUT2D eigenvalue weighted by Crippen LogP contribution is 2.65. The second-order valence-corrected chi connectivity index (χ2v) is 6.85. The predicted octanol–water partition coefficient (Wildman–Crippen LogP) is 3.99. The van der Waals surface area contributed by atoms with E-state index in [2.05, 4.69) is 52.3 Å². The molecule has 1 unspecified atom stereocenters. The van der Waals surface area contributed by atoms with Gasteiger partial charge in [0, 0.05) is 17.3 Å². The quantitative estimate of drug-likeness (QED) is 0.620. The van der Waals surface area contributed by atoms with Crippen LogP contribution in [0.4, 0.5) is 0 Å². The lowest BCUT2D eigenvalue weighted by atomic mass is 9.86. The van der Waals surface area contributed by atoms with Gasteiger partial charge in [0.2, 0.25) is 0 Å². The van der Waals surface area contributed by atoms with Crippen molar-refractivity contribution in [2.24, 2.45) is 0 Å². The molecule has 1 aliphatic heterocycles. The second-order valence-electron chi connectivity index (χ2n) is 5.94. The minimum Gasteiger partial charge on any atom is -0.373 e. The summed E-state index contributed by atoms with van der Waals surface area (Å²) in [4.78, 5) is 0. The lowest BCUT2D eigenvalue weighted by molar-refractivity contribution is 0.00484. The molecule has 0 N–H and O–H groups in total. The zero-order valence-corrected chi connectivity index (χ0v) is 12.4. The third-order valence-electron chi connectivity index (χ3n) is 4.76. The molecule has 3 atom stereocenters. The maximum atomic E-state index is 6.09. The van der Waals surface area contributed by atoms with E-state index in [0.29, 0.717) is 12.7 Å². The fourth-order valence-corrected chi connectivity index (χ4v) is 3.96. The minimum absolute atomic E-state index is 0.131. The number of halogens is 1. The van der Waals surface area contributed by atoms with Crippen LogP contribution >= 0.6 is 15.9 Å². The summed E-state index contributed by atoms with van der Waals surface area (Å²) in [5, 5.41) is 0. The van der Waals surface area contributed by atoms with Crippen molar-refractivity contribution in [1.82, 2.24) is 0 Å². The third-order valence-corrected chi connectivity index (χ3v) is 5.28. The van der Waals surface area contributed by atoms with Gasteiger partial charge in [-0.3, -0.25) is 0 Å². The standard InChI is InChI=1S/C16H17BrO2/c17-13-5-3-12(4-6-13)11-18-14-9-15-7-1-2-8-16(15,10-14)19-15/h1-6,14H,7-11H2/t14?,15-,16+. The molecule has 4 rings (SSSR count). The van der Waals surface area contributed by atoms with E-state index in [1.807, 2.05) is 0 Å². The number of hydrogen-bond donors (Lipinski definition) is 0. The highest BCUT2D eigenvalue weighted by atomic mass is 79.9. The van der Waals surface area contributed by atoms with E-state index < -0.39 is 0 Å². The van der Waals surface area contributed by atoms with Gasteiger partial charge in [-0.05, 0) is 30.5 Å². The number of benzene rings is 1. The summed E-state index contributed by atoms with van der Waals surface area (Å²) in [6.07, 6.45) is 9.17. The molecule has 2 nitrogen and oxygen atoms in total. The van der Waals surface area contributed by atoms with Crippen molar-refractivity contribution in [3.8, 4) is 0 Å². The van der Waals surface area contributed by atoms with Crippen LogP contribution in [0.5, 0.6) is 0 Å². The number of hydrogen-bond acceptors (Lipinski definition) is 2. The highest BCUT2D eigenvalue weighted by molar-refractivity contribution is 9.10. The fraction of sp³-hybridized carbons (Fsp3) is 0.500. The smallest absolute Gasteiger partial charge is 0.104 e. The van der Waals surface area contributed by atoms with E-state index in [1.165, 1.54) is 5.56 Å². The molecule has 2 aliphatic carbocycles. The van der Waals surface area contributed by atoms with E-state index in [4.69, 9.17) is 9.47 Å². The van der Waals surface area contributed by atoms with E-state index in [-0.39, 0.29) is 11.2 Å². The largest absolute Gasteiger partial charge is 0.373 e. The van der Waals surface area contributed by atoms with Crippen molar-refractivity contribution in [3.05, 3.63) is 46.5 Å². The molecule has 0 amide bonds. The Morgan fingerprint density at radius 3 is 2.37 bits per heavy atom. The van der Waals surface area contributed by atoms with Crippen molar-refractivity contribution >= 4 is 15.9 Å². The topological polar surface area (TPSA) is 21.8 Å². The molecule has 2 fully saturated rings. The molecule has 3 aliphatic rings. The maximum Gasteiger partial charge on any atom is 0.104 e. The van der Waals surface area contributed by atoms with Gasteiger partial charge < -0.3 is 9.47 Å². The molecule has 19 heavy (non-hydrogen) atoms. The Morgan fingerprint density at radius 1 is 1.11 bits per heavy atom. The Morgan fingerprint density at radius 2 is 1.74 bits per heavy atom. The monoisotopic (exact) mass is 320 g/mol. The minimum atomic E-state index is 0.131. The van der Waals surface area contributed by atoms with Gasteiger partial charge in [0.1, 0.15) is 11.2 Å². The van der Waals surface area contributed by atoms with Crippen molar-refractivity contribution in [2.75, 3.05) is 0 Å². The molecule has 0 spiro atoms. The summed E-state index contributed by atoms with van der Waals surface area (Å²) in [7, 11) is 0. The molecule has 100 valence electrons. The van der Waals surface area contributed by atoms with Crippen LogP contribution in [-0.4, -0.2) is 17.3 Å². The summed E-state index contributed by atoms with van der Waals surface area (Å²) < 4.78 is 13.2. The summed E-state index contributed by atoms with van der Waals surface area (Å²) in [6.45, 7) is 0.706. The predicted molar refractivity (Wildman–Crippen MR) is 76.9 cm³/mol. The summed E-state index contributed by atoms with van der Waals surface area (Å²) in [5.74, 6) is 0. The van der Waals surface area contributed by atoms with E-state index in [0.717, 1.165) is 30.2 Å². The van der Waals surface area contributed by atoms with E-state index in [9.17, 15) is 0 Å². The SMILES string of the molecule is Brc1ccc(COC2C[C@]34CC=CC[C@@]3(C2)O4)cc1. The van der Waals surface area contributed by atoms with E-state index >= 15 is 0 Å². The van der Waals surface area contributed by atoms with Crippen LogP contribution in [0.3, 0.4) is 0 Å². The van der Waals surface area contributed by atoms with Gasteiger partial charge in [-0.1, -0.05) is 40.2 Å². The number of rotatable bonds is 3. The Bertz CT molecular complexity index is 502. The van der Waals surface area contributed by atoms with Crippen LogP contribution in [0.15, 0.2) is 40.9 Å². The van der Waals surface area contributed by atoms with Gasteiger partial charge in [-0.25, -0.2) is 0 Å². The average molecular weight is 321 g/mol. The van der Waals surface area contributed by atoms with Crippen LogP contribution in [0.1, 0.15) is 31.2 Å². The molecular weight excluding hydrogens is 304 g/mol.